The molecule has 6 heteroatoms. The number of amides is 1. The largest absolute Gasteiger partial charge is 0.350 e. The maximum atomic E-state index is 12.8. The number of aromatic nitrogens is 3. The minimum absolute atomic E-state index is 0.0861. The number of hydrogen-bond donors (Lipinski definition) is 2. The molecule has 2 N–H and O–H groups in total. The molecular weight excluding hydrogens is 320 g/mol. The van der Waals surface area contributed by atoms with Crippen LogP contribution in [-0.2, 0) is 4.79 Å². The number of nitrogens with one attached hydrogen (secondary N) is 2. The van der Waals surface area contributed by atoms with Crippen LogP contribution in [0.3, 0.4) is 0 Å². The predicted molar refractivity (Wildman–Crippen MR) is 94.8 cm³/mol. The second kappa shape index (κ2) is 6.04. The second-order valence-electron chi connectivity index (χ2n) is 8.61. The molecule has 4 bridgehead atoms. The molecular formula is C18H28N4OS. The Morgan fingerprint density at radius 3 is 2.25 bits per heavy atom. The third kappa shape index (κ3) is 3.09. The smallest absolute Gasteiger partial charge is 0.233 e. The second-order valence-corrected chi connectivity index (χ2v) is 9.91. The SMILES string of the molecule is CC(C)c1nc(S[C@H](C)C(=O)NC23CC4CC(CC(C4)C2)C3)n[nH]1. The quantitative estimate of drug-likeness (QED) is 0.799. The van der Waals surface area contributed by atoms with Crippen molar-refractivity contribution < 1.29 is 4.79 Å². The standard InChI is InChI=1S/C18H28N4OS/c1-10(2)15-19-17(22-21-15)24-11(3)16(23)20-18-7-12-4-13(8-18)6-14(5-12)9-18/h10-14H,4-9H2,1-3H3,(H,20,23)(H,19,21,22)/t11-,12?,13?,14?,18?/m1/s1. The van der Waals surface area contributed by atoms with Crippen molar-refractivity contribution in [1.29, 1.82) is 0 Å². The van der Waals surface area contributed by atoms with Crippen molar-refractivity contribution in [2.45, 2.75) is 81.2 Å². The first-order valence-corrected chi connectivity index (χ1v) is 10.2. The van der Waals surface area contributed by atoms with Crippen LogP contribution in [0.2, 0.25) is 0 Å². The van der Waals surface area contributed by atoms with Crippen molar-refractivity contribution in [3.05, 3.63) is 5.82 Å². The Balaban J connectivity index is 1.38. The zero-order valence-corrected chi connectivity index (χ0v) is 15.7. The zero-order chi connectivity index (χ0) is 16.9. The summed E-state index contributed by atoms with van der Waals surface area (Å²) < 4.78 is 0. The highest BCUT2D eigenvalue weighted by Gasteiger charge is 2.51. The summed E-state index contributed by atoms with van der Waals surface area (Å²) in [4.78, 5) is 17.3. The summed E-state index contributed by atoms with van der Waals surface area (Å²) in [5, 5.41) is 11.2. The lowest BCUT2D eigenvalue weighted by molar-refractivity contribution is -0.126. The van der Waals surface area contributed by atoms with E-state index in [2.05, 4.69) is 34.3 Å². The van der Waals surface area contributed by atoms with Gasteiger partial charge in [-0.3, -0.25) is 9.89 Å². The Bertz CT molecular complexity index is 591. The van der Waals surface area contributed by atoms with Gasteiger partial charge in [0, 0.05) is 11.5 Å². The van der Waals surface area contributed by atoms with Crippen molar-refractivity contribution >= 4 is 17.7 Å². The van der Waals surface area contributed by atoms with E-state index < -0.39 is 0 Å². The summed E-state index contributed by atoms with van der Waals surface area (Å²) in [5.74, 6) is 3.90. The van der Waals surface area contributed by atoms with E-state index in [0.717, 1.165) is 23.6 Å². The third-order valence-corrected chi connectivity index (χ3v) is 7.07. The molecule has 0 aliphatic heterocycles. The predicted octanol–water partition coefficient (Wildman–Crippen LogP) is 3.49. The molecule has 24 heavy (non-hydrogen) atoms. The van der Waals surface area contributed by atoms with Crippen molar-refractivity contribution in [3.8, 4) is 0 Å². The van der Waals surface area contributed by atoms with E-state index in [-0.39, 0.29) is 16.7 Å². The molecule has 4 saturated carbocycles. The molecule has 5 nitrogen and oxygen atoms in total. The number of rotatable bonds is 5. The molecule has 1 amide bonds. The van der Waals surface area contributed by atoms with Crippen LogP contribution < -0.4 is 5.32 Å². The molecule has 0 unspecified atom stereocenters. The number of aromatic amines is 1. The monoisotopic (exact) mass is 348 g/mol. The van der Waals surface area contributed by atoms with E-state index in [0.29, 0.717) is 11.1 Å². The van der Waals surface area contributed by atoms with E-state index in [1.54, 1.807) is 0 Å². The zero-order valence-electron chi connectivity index (χ0n) is 14.8. The molecule has 1 heterocycles. The van der Waals surface area contributed by atoms with Gasteiger partial charge in [0.1, 0.15) is 5.82 Å². The lowest BCUT2D eigenvalue weighted by Crippen LogP contribution is -2.60. The maximum absolute atomic E-state index is 12.8. The highest BCUT2D eigenvalue weighted by Crippen LogP contribution is 2.55. The van der Waals surface area contributed by atoms with Gasteiger partial charge in [0.25, 0.3) is 0 Å². The number of carbonyl (C=O) groups is 1. The van der Waals surface area contributed by atoms with Crippen LogP contribution in [0.1, 0.15) is 71.0 Å². The van der Waals surface area contributed by atoms with Gasteiger partial charge in [0.05, 0.1) is 5.25 Å². The van der Waals surface area contributed by atoms with Crippen molar-refractivity contribution in [1.82, 2.24) is 20.5 Å². The van der Waals surface area contributed by atoms with E-state index >= 15 is 0 Å². The lowest BCUT2D eigenvalue weighted by Gasteiger charge is -2.57. The van der Waals surface area contributed by atoms with Gasteiger partial charge in [0.15, 0.2) is 0 Å². The summed E-state index contributed by atoms with van der Waals surface area (Å²) in [7, 11) is 0. The Morgan fingerprint density at radius 1 is 1.17 bits per heavy atom. The van der Waals surface area contributed by atoms with Gasteiger partial charge in [-0.15, -0.1) is 5.10 Å². The average molecular weight is 349 g/mol. The molecule has 5 rings (SSSR count). The van der Waals surface area contributed by atoms with Crippen molar-refractivity contribution in [3.63, 3.8) is 0 Å². The van der Waals surface area contributed by atoms with Gasteiger partial charge in [0.2, 0.25) is 11.1 Å². The Kier molecular flexibility index (Phi) is 4.14. The fourth-order valence-corrected chi connectivity index (χ4v) is 6.14. The maximum Gasteiger partial charge on any atom is 0.233 e. The number of thioether (sulfide) groups is 1. The molecule has 4 aliphatic rings. The molecule has 4 aliphatic carbocycles. The minimum Gasteiger partial charge on any atom is -0.350 e. The molecule has 1 aromatic heterocycles. The van der Waals surface area contributed by atoms with Crippen LogP contribution in [0.5, 0.6) is 0 Å². The van der Waals surface area contributed by atoms with Crippen LogP contribution in [0.4, 0.5) is 0 Å². The van der Waals surface area contributed by atoms with E-state index in [1.807, 2.05) is 6.92 Å². The first-order valence-electron chi connectivity index (χ1n) is 9.33. The molecule has 0 saturated heterocycles. The summed E-state index contributed by atoms with van der Waals surface area (Å²) in [6, 6.07) is 0. The summed E-state index contributed by atoms with van der Waals surface area (Å²) in [6.45, 7) is 6.13. The topological polar surface area (TPSA) is 70.7 Å². The van der Waals surface area contributed by atoms with Gasteiger partial charge < -0.3 is 5.32 Å². The van der Waals surface area contributed by atoms with Crippen molar-refractivity contribution in [2.75, 3.05) is 0 Å². The molecule has 132 valence electrons. The normalized spacial score (nSPS) is 35.4. The van der Waals surface area contributed by atoms with E-state index in [9.17, 15) is 4.79 Å². The highest BCUT2D eigenvalue weighted by atomic mass is 32.2. The number of hydrogen-bond acceptors (Lipinski definition) is 4. The summed E-state index contributed by atoms with van der Waals surface area (Å²) in [5.41, 5.74) is 0.0861. The Labute approximate surface area is 148 Å². The highest BCUT2D eigenvalue weighted by molar-refractivity contribution is 8.00. The van der Waals surface area contributed by atoms with Crippen molar-refractivity contribution in [2.24, 2.45) is 17.8 Å². The van der Waals surface area contributed by atoms with Gasteiger partial charge in [-0.1, -0.05) is 25.6 Å². The third-order valence-electron chi connectivity index (χ3n) is 6.11. The van der Waals surface area contributed by atoms with Crippen LogP contribution in [0, 0.1) is 17.8 Å². The van der Waals surface area contributed by atoms with E-state index in [1.165, 1.54) is 50.3 Å². The Hall–Kier alpha value is -1.04. The molecule has 1 atom stereocenters. The van der Waals surface area contributed by atoms with Crippen LogP contribution in [0.15, 0.2) is 5.16 Å². The number of nitrogens with zero attached hydrogens (tertiary/aromatic N) is 2. The number of H-pyrrole nitrogens is 1. The fraction of sp³-hybridized carbons (Fsp3) is 0.833. The van der Waals surface area contributed by atoms with Crippen LogP contribution >= 0.6 is 11.8 Å². The minimum atomic E-state index is -0.159. The van der Waals surface area contributed by atoms with Crippen LogP contribution in [0.25, 0.3) is 0 Å². The van der Waals surface area contributed by atoms with Gasteiger partial charge in [-0.25, -0.2) is 4.98 Å². The molecule has 0 spiro atoms. The van der Waals surface area contributed by atoms with Gasteiger partial charge in [-0.2, -0.15) is 0 Å². The average Bonchev–Trinajstić information content (AvgIpc) is 2.94. The van der Waals surface area contributed by atoms with Gasteiger partial charge in [-0.05, 0) is 63.2 Å². The Morgan fingerprint density at radius 2 is 1.75 bits per heavy atom. The summed E-state index contributed by atoms with van der Waals surface area (Å²) >= 11 is 1.45. The lowest BCUT2D eigenvalue weighted by atomic mass is 9.53. The fourth-order valence-electron chi connectivity index (χ4n) is 5.41. The van der Waals surface area contributed by atoms with E-state index in [4.69, 9.17) is 0 Å². The summed E-state index contributed by atoms with van der Waals surface area (Å²) in [6.07, 6.45) is 7.78. The molecule has 0 aromatic carbocycles. The molecule has 0 radical (unpaired) electrons. The number of carbonyl (C=O) groups excluding carboxylic acids is 1. The molecule has 1 aromatic rings. The first kappa shape index (κ1) is 16.4. The van der Waals surface area contributed by atoms with Gasteiger partial charge >= 0.3 is 0 Å². The van der Waals surface area contributed by atoms with Crippen LogP contribution in [-0.4, -0.2) is 31.9 Å². The molecule has 4 fully saturated rings. The first-order chi connectivity index (χ1) is 11.4.